The third-order valence-electron chi connectivity index (χ3n) is 3.42. The van der Waals surface area contributed by atoms with Gasteiger partial charge in [-0.1, -0.05) is 38.1 Å². The summed E-state index contributed by atoms with van der Waals surface area (Å²) in [4.78, 5) is 23.5. The molecule has 1 aromatic carbocycles. The molecule has 1 aromatic rings. The molecule has 0 saturated carbocycles. The molecule has 3 heteroatoms. The maximum absolute atomic E-state index is 12.0. The number of hydrogen-bond donors (Lipinski definition) is 1. The predicted octanol–water partition coefficient (Wildman–Crippen LogP) is 2.15. The average molecular weight is 231 g/mol. The van der Waals surface area contributed by atoms with Crippen molar-refractivity contribution < 1.29 is 9.59 Å². The molecule has 1 heterocycles. The van der Waals surface area contributed by atoms with Crippen molar-refractivity contribution in [2.75, 3.05) is 0 Å². The van der Waals surface area contributed by atoms with Gasteiger partial charge in [0.1, 0.15) is 0 Å². The fourth-order valence-electron chi connectivity index (χ4n) is 2.60. The minimum absolute atomic E-state index is 0.176. The van der Waals surface area contributed by atoms with Crippen molar-refractivity contribution in [3.05, 3.63) is 35.4 Å². The Balaban J connectivity index is 2.46. The quantitative estimate of drug-likeness (QED) is 0.753. The van der Waals surface area contributed by atoms with Crippen LogP contribution in [0.15, 0.2) is 24.3 Å². The van der Waals surface area contributed by atoms with E-state index in [1.54, 1.807) is 0 Å². The number of imide groups is 1. The van der Waals surface area contributed by atoms with Crippen LogP contribution in [0.5, 0.6) is 0 Å². The largest absolute Gasteiger partial charge is 0.296 e. The predicted molar refractivity (Wildman–Crippen MR) is 65.5 cm³/mol. The number of carbonyl (C=O) groups is 2. The Morgan fingerprint density at radius 1 is 1.24 bits per heavy atom. The molecule has 0 aromatic heterocycles. The summed E-state index contributed by atoms with van der Waals surface area (Å²) < 4.78 is 0. The summed E-state index contributed by atoms with van der Waals surface area (Å²) in [5.41, 5.74) is 1.78. The Bertz CT molecular complexity index is 477. The number of rotatable bonds is 1. The van der Waals surface area contributed by atoms with Gasteiger partial charge in [0.15, 0.2) is 0 Å². The number of hydrogen-bond acceptors (Lipinski definition) is 2. The highest BCUT2D eigenvalue weighted by Gasteiger charge is 2.43. The molecule has 2 amide bonds. The van der Waals surface area contributed by atoms with Gasteiger partial charge in [-0.25, -0.2) is 0 Å². The summed E-state index contributed by atoms with van der Waals surface area (Å²) in [5.74, 6) is -0.605. The first-order chi connectivity index (χ1) is 7.92. The monoisotopic (exact) mass is 231 g/mol. The van der Waals surface area contributed by atoms with Gasteiger partial charge >= 0.3 is 0 Å². The maximum Gasteiger partial charge on any atom is 0.234 e. The average Bonchev–Trinajstić information content (AvgIpc) is 2.18. The van der Waals surface area contributed by atoms with E-state index in [2.05, 4.69) is 5.32 Å². The fraction of sp³-hybridized carbons (Fsp3) is 0.429. The lowest BCUT2D eigenvalue weighted by Gasteiger charge is -2.37. The summed E-state index contributed by atoms with van der Waals surface area (Å²) in [5, 5.41) is 2.43. The van der Waals surface area contributed by atoms with Gasteiger partial charge in [0.05, 0.1) is 5.92 Å². The summed E-state index contributed by atoms with van der Waals surface area (Å²) >= 11 is 0. The number of carbonyl (C=O) groups excluding carboxylic acids is 2. The van der Waals surface area contributed by atoms with Gasteiger partial charge in [-0.2, -0.15) is 0 Å². The van der Waals surface area contributed by atoms with Crippen LogP contribution >= 0.6 is 0 Å². The van der Waals surface area contributed by atoms with Crippen molar-refractivity contribution in [3.8, 4) is 0 Å². The van der Waals surface area contributed by atoms with Crippen molar-refractivity contribution >= 4 is 11.8 Å². The van der Waals surface area contributed by atoms with E-state index >= 15 is 0 Å². The molecule has 1 saturated heterocycles. The lowest BCUT2D eigenvalue weighted by molar-refractivity contribution is -0.138. The molecule has 1 aliphatic heterocycles. The summed E-state index contributed by atoms with van der Waals surface area (Å²) in [6.45, 7) is 5.94. The highest BCUT2D eigenvalue weighted by Crippen LogP contribution is 2.41. The third kappa shape index (κ3) is 2.09. The van der Waals surface area contributed by atoms with Gasteiger partial charge in [-0.15, -0.1) is 0 Å². The summed E-state index contributed by atoms with van der Waals surface area (Å²) in [6, 6.07) is 7.85. The molecule has 0 radical (unpaired) electrons. The van der Waals surface area contributed by atoms with Crippen molar-refractivity contribution in [3.63, 3.8) is 0 Å². The molecule has 1 aliphatic rings. The van der Waals surface area contributed by atoms with Crippen LogP contribution in [0.2, 0.25) is 0 Å². The number of benzene rings is 1. The second-order valence-corrected chi connectivity index (χ2v) is 5.37. The van der Waals surface area contributed by atoms with Gasteiger partial charge in [0.2, 0.25) is 11.8 Å². The van der Waals surface area contributed by atoms with E-state index in [4.69, 9.17) is 0 Å². The molecule has 90 valence electrons. The van der Waals surface area contributed by atoms with Crippen molar-refractivity contribution in [2.45, 2.75) is 33.1 Å². The van der Waals surface area contributed by atoms with E-state index in [0.29, 0.717) is 6.42 Å². The molecule has 0 spiro atoms. The van der Waals surface area contributed by atoms with E-state index in [1.807, 2.05) is 45.0 Å². The topological polar surface area (TPSA) is 46.2 Å². The smallest absolute Gasteiger partial charge is 0.234 e. The zero-order chi connectivity index (χ0) is 12.6. The van der Waals surface area contributed by atoms with Gasteiger partial charge in [-0.3, -0.25) is 14.9 Å². The number of aryl methyl sites for hydroxylation is 1. The minimum atomic E-state index is -0.328. The lowest BCUT2D eigenvalue weighted by atomic mass is 9.69. The van der Waals surface area contributed by atoms with Gasteiger partial charge in [-0.05, 0) is 23.5 Å². The van der Waals surface area contributed by atoms with Gasteiger partial charge < -0.3 is 0 Å². The maximum atomic E-state index is 12.0. The molecule has 0 aliphatic carbocycles. The van der Waals surface area contributed by atoms with Crippen LogP contribution in [0.1, 0.15) is 37.3 Å². The van der Waals surface area contributed by atoms with Crippen LogP contribution in [0.25, 0.3) is 0 Å². The fourth-order valence-corrected chi connectivity index (χ4v) is 2.60. The Morgan fingerprint density at radius 3 is 2.47 bits per heavy atom. The molecule has 1 unspecified atom stereocenters. The summed E-state index contributed by atoms with van der Waals surface area (Å²) in [6.07, 6.45) is 0.387. The van der Waals surface area contributed by atoms with Gasteiger partial charge in [0.25, 0.3) is 0 Å². The number of amides is 2. The second-order valence-electron chi connectivity index (χ2n) is 5.37. The second kappa shape index (κ2) is 3.99. The highest BCUT2D eigenvalue weighted by molar-refractivity contribution is 6.02. The van der Waals surface area contributed by atoms with Gasteiger partial charge in [0, 0.05) is 6.42 Å². The van der Waals surface area contributed by atoms with Crippen molar-refractivity contribution in [1.82, 2.24) is 5.32 Å². The third-order valence-corrected chi connectivity index (χ3v) is 3.42. The highest BCUT2D eigenvalue weighted by atomic mass is 16.2. The van der Waals surface area contributed by atoms with Crippen LogP contribution in [0.3, 0.4) is 0 Å². The molecule has 1 fully saturated rings. The van der Waals surface area contributed by atoms with E-state index in [-0.39, 0.29) is 23.1 Å². The molecule has 3 nitrogen and oxygen atoms in total. The molecular weight excluding hydrogens is 214 g/mol. The first-order valence-electron chi connectivity index (χ1n) is 5.81. The van der Waals surface area contributed by atoms with E-state index in [0.717, 1.165) is 11.1 Å². The van der Waals surface area contributed by atoms with Crippen LogP contribution in [0.4, 0.5) is 0 Å². The molecule has 2 rings (SSSR count). The molecular formula is C14H17NO2. The van der Waals surface area contributed by atoms with E-state index in [1.165, 1.54) is 0 Å². The standard InChI is InChI=1S/C14H17NO2/c1-9-6-4-5-7-10(9)12-13(17)15-11(16)8-14(12,2)3/h4-7,12H,8H2,1-3H3,(H,15,16,17). The van der Waals surface area contributed by atoms with Crippen LogP contribution in [0, 0.1) is 12.3 Å². The normalized spacial score (nSPS) is 23.4. The Labute approximate surface area is 101 Å². The number of nitrogens with one attached hydrogen (secondary N) is 1. The molecule has 0 bridgehead atoms. The first-order valence-corrected chi connectivity index (χ1v) is 5.81. The SMILES string of the molecule is Cc1ccccc1C1C(=O)NC(=O)CC1(C)C. The van der Waals surface area contributed by atoms with E-state index in [9.17, 15) is 9.59 Å². The van der Waals surface area contributed by atoms with Crippen LogP contribution < -0.4 is 5.32 Å². The minimum Gasteiger partial charge on any atom is -0.296 e. The lowest BCUT2D eigenvalue weighted by Crippen LogP contribution is -2.48. The van der Waals surface area contributed by atoms with Crippen LogP contribution in [-0.4, -0.2) is 11.8 Å². The summed E-state index contributed by atoms with van der Waals surface area (Å²) in [7, 11) is 0. The zero-order valence-electron chi connectivity index (χ0n) is 10.4. The van der Waals surface area contributed by atoms with E-state index < -0.39 is 0 Å². The Kier molecular flexibility index (Phi) is 2.77. The first kappa shape index (κ1) is 11.8. The molecule has 17 heavy (non-hydrogen) atoms. The molecule has 1 atom stereocenters. The zero-order valence-corrected chi connectivity index (χ0v) is 10.4. The Morgan fingerprint density at radius 2 is 1.88 bits per heavy atom. The Hall–Kier alpha value is -1.64. The van der Waals surface area contributed by atoms with Crippen molar-refractivity contribution in [2.24, 2.45) is 5.41 Å². The molecule has 1 N–H and O–H groups in total. The van der Waals surface area contributed by atoms with Crippen LogP contribution in [-0.2, 0) is 9.59 Å². The van der Waals surface area contributed by atoms with Crippen molar-refractivity contribution in [1.29, 1.82) is 0 Å². The number of piperidine rings is 1.